The van der Waals surface area contributed by atoms with Gasteiger partial charge in [0.15, 0.2) is 0 Å². The lowest BCUT2D eigenvalue weighted by atomic mass is 10.1. The van der Waals surface area contributed by atoms with Crippen molar-refractivity contribution < 1.29 is 19.5 Å². The number of rotatable bonds is 8. The molecule has 0 saturated heterocycles. The highest BCUT2D eigenvalue weighted by Crippen LogP contribution is 2.14. The lowest BCUT2D eigenvalue weighted by Gasteiger charge is -2.20. The Kier molecular flexibility index (Phi) is 8.25. The number of benzene rings is 1. The van der Waals surface area contributed by atoms with E-state index in [0.29, 0.717) is 18.5 Å². The van der Waals surface area contributed by atoms with E-state index in [0.717, 1.165) is 4.47 Å². The Bertz CT molecular complexity index is 577. The molecule has 0 aliphatic rings. The molecule has 3 amide bonds. The topological polar surface area (TPSA) is 108 Å². The van der Waals surface area contributed by atoms with Gasteiger partial charge < -0.3 is 21.1 Å². The summed E-state index contributed by atoms with van der Waals surface area (Å²) in [5.74, 6) is -1.60. The molecule has 1 rings (SSSR count). The number of carboxylic acids is 1. The molecule has 0 spiro atoms. The van der Waals surface area contributed by atoms with Crippen molar-refractivity contribution in [3.05, 3.63) is 28.7 Å². The predicted molar refractivity (Wildman–Crippen MR) is 94.8 cm³/mol. The third-order valence-corrected chi connectivity index (χ3v) is 3.85. The van der Waals surface area contributed by atoms with E-state index in [-0.39, 0.29) is 6.42 Å². The standard InChI is InChI=1S/C16H22BrN3O4/c1-3-5-13(14(21)19-12(4-2)15(22)23)20-16(24)18-11-8-6-10(17)7-9-11/h6-9,12-13H,3-5H2,1-2H3,(H,19,21)(H,22,23)(H2,18,20,24)/t12?,13-/m0/s1. The van der Waals surface area contributed by atoms with Crippen LogP contribution in [0, 0.1) is 0 Å². The maximum Gasteiger partial charge on any atom is 0.326 e. The van der Waals surface area contributed by atoms with Gasteiger partial charge in [0.1, 0.15) is 12.1 Å². The molecular formula is C16H22BrN3O4. The normalized spacial score (nSPS) is 12.8. The Labute approximate surface area is 149 Å². The van der Waals surface area contributed by atoms with Gasteiger partial charge in [-0.15, -0.1) is 0 Å². The van der Waals surface area contributed by atoms with Gasteiger partial charge in [0.05, 0.1) is 0 Å². The Hall–Kier alpha value is -2.09. The van der Waals surface area contributed by atoms with E-state index in [2.05, 4.69) is 31.9 Å². The monoisotopic (exact) mass is 399 g/mol. The van der Waals surface area contributed by atoms with Crippen molar-refractivity contribution in [2.45, 2.75) is 45.2 Å². The number of nitrogens with one attached hydrogen (secondary N) is 3. The van der Waals surface area contributed by atoms with Crippen LogP contribution in [0.2, 0.25) is 0 Å². The van der Waals surface area contributed by atoms with E-state index in [1.807, 2.05) is 6.92 Å². The van der Waals surface area contributed by atoms with Gasteiger partial charge in [0, 0.05) is 10.2 Å². The number of carbonyl (C=O) groups excluding carboxylic acids is 2. The Morgan fingerprint density at radius 2 is 1.71 bits per heavy atom. The summed E-state index contributed by atoms with van der Waals surface area (Å²) in [7, 11) is 0. The summed E-state index contributed by atoms with van der Waals surface area (Å²) < 4.78 is 0.885. The molecule has 0 radical (unpaired) electrons. The predicted octanol–water partition coefficient (Wildman–Crippen LogP) is 2.72. The van der Waals surface area contributed by atoms with Crippen LogP contribution in [0.5, 0.6) is 0 Å². The summed E-state index contributed by atoms with van der Waals surface area (Å²) in [6.07, 6.45) is 1.35. The fourth-order valence-corrected chi connectivity index (χ4v) is 2.29. The van der Waals surface area contributed by atoms with Crippen LogP contribution in [0.4, 0.5) is 10.5 Å². The van der Waals surface area contributed by atoms with Gasteiger partial charge in [0.2, 0.25) is 5.91 Å². The van der Waals surface area contributed by atoms with E-state index < -0.39 is 30.0 Å². The molecule has 0 aromatic heterocycles. The molecule has 1 aromatic carbocycles. The molecule has 0 aliphatic heterocycles. The van der Waals surface area contributed by atoms with E-state index in [1.54, 1.807) is 31.2 Å². The number of halogens is 1. The van der Waals surface area contributed by atoms with Crippen LogP contribution in [0.15, 0.2) is 28.7 Å². The first-order valence-electron chi connectivity index (χ1n) is 7.73. The molecule has 4 N–H and O–H groups in total. The Balaban J connectivity index is 2.66. The molecule has 8 heteroatoms. The van der Waals surface area contributed by atoms with Crippen LogP contribution in [-0.4, -0.2) is 35.1 Å². The van der Waals surface area contributed by atoms with Crippen molar-refractivity contribution >= 4 is 39.5 Å². The minimum absolute atomic E-state index is 0.269. The number of aliphatic carboxylic acids is 1. The highest BCUT2D eigenvalue weighted by atomic mass is 79.9. The summed E-state index contributed by atoms with van der Waals surface area (Å²) in [5.41, 5.74) is 0.586. The number of amides is 3. The third-order valence-electron chi connectivity index (χ3n) is 3.32. The van der Waals surface area contributed by atoms with Crippen molar-refractivity contribution in [3.8, 4) is 0 Å². The molecule has 1 aromatic rings. The Morgan fingerprint density at radius 3 is 2.21 bits per heavy atom. The lowest BCUT2D eigenvalue weighted by Crippen LogP contribution is -2.52. The molecular weight excluding hydrogens is 378 g/mol. The van der Waals surface area contributed by atoms with Crippen molar-refractivity contribution in [2.75, 3.05) is 5.32 Å². The van der Waals surface area contributed by atoms with Gasteiger partial charge in [-0.2, -0.15) is 0 Å². The number of hydrogen-bond acceptors (Lipinski definition) is 3. The highest BCUT2D eigenvalue weighted by molar-refractivity contribution is 9.10. The van der Waals surface area contributed by atoms with Gasteiger partial charge in [-0.05, 0) is 37.1 Å². The van der Waals surface area contributed by atoms with Gasteiger partial charge in [-0.1, -0.05) is 36.2 Å². The second kappa shape index (κ2) is 9.92. The lowest BCUT2D eigenvalue weighted by molar-refractivity contribution is -0.142. The molecule has 0 bridgehead atoms. The third kappa shape index (κ3) is 6.57. The zero-order valence-electron chi connectivity index (χ0n) is 13.6. The number of urea groups is 1. The minimum Gasteiger partial charge on any atom is -0.480 e. The molecule has 132 valence electrons. The molecule has 2 atom stereocenters. The first kappa shape index (κ1) is 20.0. The zero-order valence-corrected chi connectivity index (χ0v) is 15.2. The Morgan fingerprint density at radius 1 is 1.08 bits per heavy atom. The van der Waals surface area contributed by atoms with Gasteiger partial charge in [-0.3, -0.25) is 4.79 Å². The SMILES string of the molecule is CCC[C@H](NC(=O)Nc1ccc(Br)cc1)C(=O)NC(CC)C(=O)O. The maximum absolute atomic E-state index is 12.2. The summed E-state index contributed by atoms with van der Waals surface area (Å²) >= 11 is 3.30. The molecule has 0 fully saturated rings. The first-order chi connectivity index (χ1) is 11.4. The summed E-state index contributed by atoms with van der Waals surface area (Å²) in [5, 5.41) is 16.7. The smallest absolute Gasteiger partial charge is 0.326 e. The number of anilines is 1. The fourth-order valence-electron chi connectivity index (χ4n) is 2.03. The van der Waals surface area contributed by atoms with Crippen LogP contribution < -0.4 is 16.0 Å². The average molecular weight is 400 g/mol. The van der Waals surface area contributed by atoms with Crippen LogP contribution in [0.3, 0.4) is 0 Å². The largest absolute Gasteiger partial charge is 0.480 e. The van der Waals surface area contributed by atoms with Crippen LogP contribution >= 0.6 is 15.9 Å². The quantitative estimate of drug-likeness (QED) is 0.538. The van der Waals surface area contributed by atoms with E-state index in [4.69, 9.17) is 5.11 Å². The first-order valence-corrected chi connectivity index (χ1v) is 8.52. The van der Waals surface area contributed by atoms with E-state index in [1.165, 1.54) is 0 Å². The second-order valence-electron chi connectivity index (χ2n) is 5.25. The fraction of sp³-hybridized carbons (Fsp3) is 0.438. The molecule has 0 aliphatic carbocycles. The zero-order chi connectivity index (χ0) is 18.1. The van der Waals surface area contributed by atoms with Crippen molar-refractivity contribution in [1.29, 1.82) is 0 Å². The van der Waals surface area contributed by atoms with Crippen molar-refractivity contribution in [1.82, 2.24) is 10.6 Å². The summed E-state index contributed by atoms with van der Waals surface area (Å²) in [6, 6.07) is 4.72. The minimum atomic E-state index is -1.10. The van der Waals surface area contributed by atoms with Crippen molar-refractivity contribution in [2.24, 2.45) is 0 Å². The number of carboxylic acid groups (broad SMARTS) is 1. The second-order valence-corrected chi connectivity index (χ2v) is 6.17. The van der Waals surface area contributed by atoms with Crippen LogP contribution in [-0.2, 0) is 9.59 Å². The number of carbonyl (C=O) groups is 3. The number of hydrogen-bond donors (Lipinski definition) is 4. The maximum atomic E-state index is 12.2. The van der Waals surface area contributed by atoms with E-state index in [9.17, 15) is 14.4 Å². The molecule has 0 heterocycles. The average Bonchev–Trinajstić information content (AvgIpc) is 2.53. The van der Waals surface area contributed by atoms with Gasteiger partial charge in [-0.25, -0.2) is 9.59 Å². The van der Waals surface area contributed by atoms with Crippen LogP contribution in [0.1, 0.15) is 33.1 Å². The molecule has 24 heavy (non-hydrogen) atoms. The summed E-state index contributed by atoms with van der Waals surface area (Å²) in [6.45, 7) is 3.55. The van der Waals surface area contributed by atoms with Gasteiger partial charge >= 0.3 is 12.0 Å². The molecule has 0 saturated carbocycles. The highest BCUT2D eigenvalue weighted by Gasteiger charge is 2.24. The summed E-state index contributed by atoms with van der Waals surface area (Å²) in [4.78, 5) is 35.3. The van der Waals surface area contributed by atoms with Crippen molar-refractivity contribution in [3.63, 3.8) is 0 Å². The van der Waals surface area contributed by atoms with Crippen LogP contribution in [0.25, 0.3) is 0 Å². The molecule has 7 nitrogen and oxygen atoms in total. The van der Waals surface area contributed by atoms with Gasteiger partial charge in [0.25, 0.3) is 0 Å². The molecule has 1 unspecified atom stereocenters. The van der Waals surface area contributed by atoms with E-state index >= 15 is 0 Å².